The van der Waals surface area contributed by atoms with Crippen molar-refractivity contribution >= 4 is 23.4 Å². The second-order valence-electron chi connectivity index (χ2n) is 8.22. The monoisotopic (exact) mass is 416 g/mol. The van der Waals surface area contributed by atoms with Crippen LogP contribution in [-0.2, 0) is 9.59 Å². The molecule has 2 amide bonds. The molecule has 5 nitrogen and oxygen atoms in total. The van der Waals surface area contributed by atoms with E-state index in [2.05, 4.69) is 5.32 Å². The number of nitrogens with zero attached hydrogens (tertiary/aromatic N) is 1. The fourth-order valence-corrected chi connectivity index (χ4v) is 4.99. The topological polar surface area (TPSA) is 58.6 Å². The smallest absolute Gasteiger partial charge is 0.389 e. The highest BCUT2D eigenvalue weighted by atomic mass is 35.5. The fraction of sp³-hybridized carbons (Fsp3) is 0.579. The third-order valence-electron chi connectivity index (χ3n) is 5.89. The van der Waals surface area contributed by atoms with Gasteiger partial charge >= 0.3 is 6.18 Å². The van der Waals surface area contributed by atoms with E-state index in [4.69, 9.17) is 16.3 Å². The largest absolute Gasteiger partial charge is 0.484 e. The van der Waals surface area contributed by atoms with Crippen molar-refractivity contribution in [2.24, 2.45) is 5.92 Å². The minimum absolute atomic E-state index is 0.0461. The Hall–Kier alpha value is -1.96. The van der Waals surface area contributed by atoms with Gasteiger partial charge < -0.3 is 15.0 Å². The molecule has 1 atom stereocenters. The van der Waals surface area contributed by atoms with Crippen molar-refractivity contribution in [1.82, 2.24) is 10.2 Å². The molecule has 4 aliphatic rings. The van der Waals surface area contributed by atoms with Crippen LogP contribution in [-0.4, -0.2) is 47.1 Å². The van der Waals surface area contributed by atoms with Crippen LogP contribution in [0.1, 0.15) is 32.1 Å². The summed E-state index contributed by atoms with van der Waals surface area (Å²) >= 11 is 5.79. The van der Waals surface area contributed by atoms with Gasteiger partial charge in [0, 0.05) is 35.5 Å². The van der Waals surface area contributed by atoms with Gasteiger partial charge in [-0.15, -0.1) is 0 Å². The number of benzene rings is 1. The molecular formula is C19H20ClF3N2O3. The minimum Gasteiger partial charge on any atom is -0.484 e. The summed E-state index contributed by atoms with van der Waals surface area (Å²) in [6.45, 7) is 0.0226. The Kier molecular flexibility index (Phi) is 4.52. The highest BCUT2D eigenvalue weighted by molar-refractivity contribution is 6.30. The number of amides is 2. The molecule has 28 heavy (non-hydrogen) atoms. The Labute approximate surface area is 165 Å². The predicted octanol–water partition coefficient (Wildman–Crippen LogP) is 3.31. The third-order valence-corrected chi connectivity index (χ3v) is 6.14. The van der Waals surface area contributed by atoms with Crippen molar-refractivity contribution in [3.63, 3.8) is 0 Å². The van der Waals surface area contributed by atoms with Gasteiger partial charge in [-0.3, -0.25) is 9.59 Å². The summed E-state index contributed by atoms with van der Waals surface area (Å²) in [4.78, 5) is 25.9. The van der Waals surface area contributed by atoms with Crippen molar-refractivity contribution in [3.05, 3.63) is 29.3 Å². The first-order chi connectivity index (χ1) is 13.1. The number of alkyl halides is 3. The number of hydrogen-bond donors (Lipinski definition) is 1. The summed E-state index contributed by atoms with van der Waals surface area (Å²) in [5.74, 6) is -0.599. The van der Waals surface area contributed by atoms with Crippen LogP contribution < -0.4 is 10.1 Å². The van der Waals surface area contributed by atoms with E-state index in [-0.39, 0.29) is 42.5 Å². The van der Waals surface area contributed by atoms with E-state index >= 15 is 0 Å². The zero-order valence-electron chi connectivity index (χ0n) is 15.0. The molecule has 0 spiro atoms. The summed E-state index contributed by atoms with van der Waals surface area (Å²) in [5, 5.41) is 3.52. The van der Waals surface area contributed by atoms with Crippen LogP contribution >= 0.6 is 11.6 Å². The molecule has 1 aromatic rings. The zero-order valence-corrected chi connectivity index (χ0v) is 15.8. The van der Waals surface area contributed by atoms with Crippen LogP contribution in [0, 0.1) is 5.92 Å². The van der Waals surface area contributed by atoms with Gasteiger partial charge in [0.1, 0.15) is 5.75 Å². The first-order valence-electron chi connectivity index (χ1n) is 9.15. The first-order valence-corrected chi connectivity index (χ1v) is 9.53. The normalized spacial score (nSPS) is 31.2. The molecule has 3 aliphatic carbocycles. The predicted molar refractivity (Wildman–Crippen MR) is 94.9 cm³/mol. The van der Waals surface area contributed by atoms with Crippen LogP contribution in [0.2, 0.25) is 5.02 Å². The number of nitrogens with one attached hydrogen (secondary N) is 1. The Balaban J connectivity index is 1.24. The second-order valence-corrected chi connectivity index (χ2v) is 8.66. The molecule has 4 fully saturated rings. The van der Waals surface area contributed by atoms with Gasteiger partial charge in [0.05, 0.1) is 0 Å². The molecule has 1 heterocycles. The van der Waals surface area contributed by atoms with Crippen LogP contribution in [0.3, 0.4) is 0 Å². The van der Waals surface area contributed by atoms with E-state index in [9.17, 15) is 22.8 Å². The van der Waals surface area contributed by atoms with Gasteiger partial charge in [-0.25, -0.2) is 0 Å². The molecule has 1 saturated heterocycles. The molecule has 2 bridgehead atoms. The van der Waals surface area contributed by atoms with E-state index < -0.39 is 18.5 Å². The van der Waals surface area contributed by atoms with E-state index in [0.29, 0.717) is 30.0 Å². The van der Waals surface area contributed by atoms with E-state index in [1.165, 1.54) is 0 Å². The SMILES string of the molecule is O=C(COc1ccc(Cl)cc1)NC12CC(N3C[C@@H](CC(F)(F)F)CC3=O)(C1)C2. The van der Waals surface area contributed by atoms with Gasteiger partial charge in [-0.2, -0.15) is 13.2 Å². The molecule has 3 saturated carbocycles. The molecular weight excluding hydrogens is 397 g/mol. The number of carbonyl (C=O) groups excluding carboxylic acids is 2. The van der Waals surface area contributed by atoms with Crippen LogP contribution in [0.5, 0.6) is 5.75 Å². The van der Waals surface area contributed by atoms with E-state index in [1.54, 1.807) is 29.2 Å². The maximum Gasteiger partial charge on any atom is 0.389 e. The highest BCUT2D eigenvalue weighted by Crippen LogP contribution is 2.64. The average Bonchev–Trinajstić information content (AvgIpc) is 2.87. The van der Waals surface area contributed by atoms with Gasteiger partial charge in [-0.05, 0) is 49.4 Å². The Morgan fingerprint density at radius 2 is 1.89 bits per heavy atom. The maximum atomic E-state index is 12.6. The quantitative estimate of drug-likeness (QED) is 0.774. The summed E-state index contributed by atoms with van der Waals surface area (Å²) in [5.41, 5.74) is -0.732. The molecule has 1 aromatic carbocycles. The highest BCUT2D eigenvalue weighted by Gasteiger charge is 2.72. The van der Waals surface area contributed by atoms with Crippen molar-refractivity contribution in [2.75, 3.05) is 13.2 Å². The van der Waals surface area contributed by atoms with Crippen LogP contribution in [0.25, 0.3) is 0 Å². The lowest BCUT2D eigenvalue weighted by Gasteiger charge is -2.73. The second kappa shape index (κ2) is 6.54. The fourth-order valence-electron chi connectivity index (χ4n) is 4.87. The summed E-state index contributed by atoms with van der Waals surface area (Å²) < 4.78 is 43.2. The van der Waals surface area contributed by atoms with Crippen molar-refractivity contribution < 1.29 is 27.5 Å². The molecule has 1 aliphatic heterocycles. The Morgan fingerprint density at radius 3 is 2.50 bits per heavy atom. The lowest BCUT2D eigenvalue weighted by molar-refractivity contribution is -0.188. The van der Waals surface area contributed by atoms with Gasteiger partial charge in [0.15, 0.2) is 6.61 Å². The summed E-state index contributed by atoms with van der Waals surface area (Å²) in [7, 11) is 0. The summed E-state index contributed by atoms with van der Waals surface area (Å²) in [6, 6.07) is 6.67. The minimum atomic E-state index is -4.25. The Morgan fingerprint density at radius 1 is 1.25 bits per heavy atom. The lowest BCUT2D eigenvalue weighted by atomic mass is 9.43. The van der Waals surface area contributed by atoms with Crippen LogP contribution in [0.4, 0.5) is 13.2 Å². The van der Waals surface area contributed by atoms with Gasteiger partial charge in [-0.1, -0.05) is 11.6 Å². The number of halogens is 4. The molecule has 9 heteroatoms. The number of hydrogen-bond acceptors (Lipinski definition) is 3. The zero-order chi connectivity index (χ0) is 20.2. The van der Waals surface area contributed by atoms with Gasteiger partial charge in [0.2, 0.25) is 5.91 Å². The van der Waals surface area contributed by atoms with Gasteiger partial charge in [0.25, 0.3) is 5.91 Å². The third kappa shape index (κ3) is 3.66. The van der Waals surface area contributed by atoms with Crippen molar-refractivity contribution in [1.29, 1.82) is 0 Å². The number of ether oxygens (including phenoxy) is 1. The molecule has 0 radical (unpaired) electrons. The molecule has 0 unspecified atom stereocenters. The van der Waals surface area contributed by atoms with E-state index in [1.807, 2.05) is 0 Å². The summed E-state index contributed by atoms with van der Waals surface area (Å²) in [6.07, 6.45) is -3.43. The van der Waals surface area contributed by atoms with E-state index in [0.717, 1.165) is 0 Å². The molecule has 152 valence electrons. The Bertz CT molecular complexity index is 777. The van der Waals surface area contributed by atoms with Crippen LogP contribution in [0.15, 0.2) is 24.3 Å². The maximum absolute atomic E-state index is 12.6. The number of likely N-dealkylation sites (tertiary alicyclic amines) is 1. The van der Waals surface area contributed by atoms with Crippen molar-refractivity contribution in [2.45, 2.75) is 49.4 Å². The number of carbonyl (C=O) groups is 2. The lowest BCUT2D eigenvalue weighted by Crippen LogP contribution is -2.84. The number of rotatable bonds is 6. The molecule has 5 rings (SSSR count). The first kappa shape index (κ1) is 19.4. The standard InChI is InChI=1S/C19H20ClF3N2O3/c20-13-1-3-14(4-2-13)28-8-15(26)24-17-9-18(10-17,11-17)25-7-12(5-16(25)27)6-19(21,22)23/h1-4,12H,5-11H2,(H,24,26)/t12-,17?,18?/m1/s1. The average molecular weight is 417 g/mol. The molecule has 0 aromatic heterocycles. The molecule has 1 N–H and O–H groups in total. The van der Waals surface area contributed by atoms with Crippen molar-refractivity contribution in [3.8, 4) is 5.75 Å².